The Morgan fingerprint density at radius 3 is 2.38 bits per heavy atom. The molecule has 0 heterocycles. The van der Waals surface area contributed by atoms with Crippen LogP contribution < -0.4 is 10.7 Å². The van der Waals surface area contributed by atoms with Gasteiger partial charge in [0.25, 0.3) is 0 Å². The van der Waals surface area contributed by atoms with Gasteiger partial charge in [-0.05, 0) is 41.0 Å². The molecule has 5 nitrogen and oxygen atoms in total. The molecule has 148 valence electrons. The number of hydrazone groups is 1. The standard InChI is InChI=1S/C23H23N3O2S/c1-16(19-9-11-22(12-10-19)24-17(2)27)25-26-23(28)15-29-14-18-7-8-20-5-3-4-6-21(20)13-18/h3-13H,14-15H2,1-2H3,(H,24,27)(H,26,28)/b25-16-. The number of nitrogens with zero attached hydrogens (tertiary/aromatic N) is 1. The number of hydrogen-bond donors (Lipinski definition) is 2. The van der Waals surface area contributed by atoms with Crippen molar-refractivity contribution in [3.05, 3.63) is 77.9 Å². The summed E-state index contributed by atoms with van der Waals surface area (Å²) in [6.07, 6.45) is 0. The first kappa shape index (κ1) is 20.6. The third-order valence-corrected chi connectivity index (χ3v) is 5.29. The van der Waals surface area contributed by atoms with E-state index in [1.807, 2.05) is 31.2 Å². The van der Waals surface area contributed by atoms with Crippen molar-refractivity contribution in [1.29, 1.82) is 0 Å². The molecular formula is C23H23N3O2S. The van der Waals surface area contributed by atoms with Gasteiger partial charge < -0.3 is 5.32 Å². The van der Waals surface area contributed by atoms with Crippen LogP contribution in [0.3, 0.4) is 0 Å². The first-order valence-corrected chi connectivity index (χ1v) is 10.4. The fourth-order valence-corrected chi connectivity index (χ4v) is 3.60. The van der Waals surface area contributed by atoms with Crippen LogP contribution in [0.4, 0.5) is 5.69 Å². The lowest BCUT2D eigenvalue weighted by molar-refractivity contribution is -0.118. The average Bonchev–Trinajstić information content (AvgIpc) is 2.72. The van der Waals surface area contributed by atoms with Gasteiger partial charge in [0.15, 0.2) is 0 Å². The predicted octanol–water partition coefficient (Wildman–Crippen LogP) is 4.57. The van der Waals surface area contributed by atoms with Gasteiger partial charge in [0.1, 0.15) is 0 Å². The monoisotopic (exact) mass is 405 g/mol. The molecule has 0 aliphatic rings. The molecular weight excluding hydrogens is 382 g/mol. The summed E-state index contributed by atoms with van der Waals surface area (Å²) in [4.78, 5) is 23.1. The molecule has 6 heteroatoms. The van der Waals surface area contributed by atoms with Crippen LogP contribution in [0.25, 0.3) is 10.8 Å². The highest BCUT2D eigenvalue weighted by molar-refractivity contribution is 7.99. The zero-order chi connectivity index (χ0) is 20.6. The van der Waals surface area contributed by atoms with E-state index in [-0.39, 0.29) is 11.8 Å². The van der Waals surface area contributed by atoms with E-state index in [0.29, 0.717) is 11.5 Å². The van der Waals surface area contributed by atoms with E-state index in [9.17, 15) is 9.59 Å². The molecule has 0 saturated heterocycles. The van der Waals surface area contributed by atoms with Gasteiger partial charge in [-0.1, -0.05) is 54.6 Å². The predicted molar refractivity (Wildman–Crippen MR) is 121 cm³/mol. The van der Waals surface area contributed by atoms with E-state index in [0.717, 1.165) is 17.0 Å². The molecule has 2 N–H and O–H groups in total. The molecule has 0 aliphatic carbocycles. The van der Waals surface area contributed by atoms with E-state index >= 15 is 0 Å². The van der Waals surface area contributed by atoms with E-state index in [2.05, 4.69) is 46.2 Å². The maximum atomic E-state index is 12.1. The van der Waals surface area contributed by atoms with Crippen LogP contribution in [0.15, 0.2) is 71.8 Å². The lowest BCUT2D eigenvalue weighted by atomic mass is 10.1. The summed E-state index contributed by atoms with van der Waals surface area (Å²) in [5.41, 5.74) is 6.10. The summed E-state index contributed by atoms with van der Waals surface area (Å²) in [6.45, 7) is 3.30. The topological polar surface area (TPSA) is 70.6 Å². The van der Waals surface area contributed by atoms with Crippen LogP contribution in [0.1, 0.15) is 25.0 Å². The molecule has 29 heavy (non-hydrogen) atoms. The Morgan fingerprint density at radius 2 is 1.66 bits per heavy atom. The van der Waals surface area contributed by atoms with Crippen LogP contribution in [0, 0.1) is 0 Å². The van der Waals surface area contributed by atoms with Gasteiger partial charge in [-0.3, -0.25) is 9.59 Å². The van der Waals surface area contributed by atoms with Crippen LogP contribution >= 0.6 is 11.8 Å². The minimum Gasteiger partial charge on any atom is -0.326 e. The summed E-state index contributed by atoms with van der Waals surface area (Å²) in [5, 5.41) is 9.31. The highest BCUT2D eigenvalue weighted by Gasteiger charge is 2.04. The summed E-state index contributed by atoms with van der Waals surface area (Å²) < 4.78 is 0. The second-order valence-electron chi connectivity index (χ2n) is 6.67. The highest BCUT2D eigenvalue weighted by Crippen LogP contribution is 2.19. The maximum Gasteiger partial charge on any atom is 0.250 e. The number of fused-ring (bicyclic) bond motifs is 1. The van der Waals surface area contributed by atoms with Crippen molar-refractivity contribution in [2.45, 2.75) is 19.6 Å². The molecule has 0 fully saturated rings. The van der Waals surface area contributed by atoms with Gasteiger partial charge in [-0.25, -0.2) is 5.43 Å². The number of benzene rings is 3. The molecule has 0 aliphatic heterocycles. The number of hydrogen-bond acceptors (Lipinski definition) is 4. The Bertz CT molecular complexity index is 1050. The minimum absolute atomic E-state index is 0.114. The molecule has 3 aromatic rings. The second kappa shape index (κ2) is 9.89. The van der Waals surface area contributed by atoms with Gasteiger partial charge in [-0.15, -0.1) is 11.8 Å². The number of amides is 2. The first-order valence-electron chi connectivity index (χ1n) is 9.28. The Labute approximate surface area is 174 Å². The summed E-state index contributed by atoms with van der Waals surface area (Å²) >= 11 is 1.56. The smallest absolute Gasteiger partial charge is 0.250 e. The average molecular weight is 406 g/mol. The Morgan fingerprint density at radius 1 is 0.931 bits per heavy atom. The van der Waals surface area contributed by atoms with Crippen molar-refractivity contribution in [3.63, 3.8) is 0 Å². The molecule has 0 radical (unpaired) electrons. The zero-order valence-electron chi connectivity index (χ0n) is 16.4. The lowest BCUT2D eigenvalue weighted by Crippen LogP contribution is -2.21. The van der Waals surface area contributed by atoms with Crippen LogP contribution in [0.2, 0.25) is 0 Å². The van der Waals surface area contributed by atoms with Gasteiger partial charge in [0.05, 0.1) is 11.5 Å². The normalized spacial score (nSPS) is 11.3. The molecule has 3 aromatic carbocycles. The highest BCUT2D eigenvalue weighted by atomic mass is 32.2. The maximum absolute atomic E-state index is 12.1. The SMILES string of the molecule is CC(=O)Nc1ccc(/C(C)=N\NC(=O)CSCc2ccc3ccccc3c2)cc1. The van der Waals surface area contributed by atoms with Gasteiger partial charge in [-0.2, -0.15) is 5.10 Å². The number of carbonyl (C=O) groups is 2. The number of thioether (sulfide) groups is 1. The first-order chi connectivity index (χ1) is 14.0. The largest absolute Gasteiger partial charge is 0.326 e. The van der Waals surface area contributed by atoms with Crippen molar-refractivity contribution < 1.29 is 9.59 Å². The van der Waals surface area contributed by atoms with Gasteiger partial charge in [0.2, 0.25) is 11.8 Å². The van der Waals surface area contributed by atoms with Crippen molar-refractivity contribution in [1.82, 2.24) is 5.43 Å². The third-order valence-electron chi connectivity index (χ3n) is 4.29. The van der Waals surface area contributed by atoms with Crippen LogP contribution in [-0.4, -0.2) is 23.3 Å². The molecule has 0 atom stereocenters. The van der Waals surface area contributed by atoms with E-state index < -0.39 is 0 Å². The lowest BCUT2D eigenvalue weighted by Gasteiger charge is -2.06. The molecule has 3 rings (SSSR count). The molecule has 0 aromatic heterocycles. The molecule has 0 spiro atoms. The number of rotatable bonds is 7. The Hall–Kier alpha value is -3.12. The fourth-order valence-electron chi connectivity index (χ4n) is 2.83. The fraction of sp³-hybridized carbons (Fsp3) is 0.174. The van der Waals surface area contributed by atoms with Crippen molar-refractivity contribution >= 4 is 45.7 Å². The second-order valence-corrected chi connectivity index (χ2v) is 7.65. The molecule has 2 amide bonds. The quantitative estimate of drug-likeness (QED) is 0.447. The van der Waals surface area contributed by atoms with Gasteiger partial charge in [0, 0.05) is 18.4 Å². The summed E-state index contributed by atoms with van der Waals surface area (Å²) in [5.74, 6) is 0.859. The molecule has 0 unspecified atom stereocenters. The molecule has 0 saturated carbocycles. The molecule has 0 bridgehead atoms. The Balaban J connectivity index is 1.47. The van der Waals surface area contributed by atoms with E-state index in [1.54, 1.807) is 23.9 Å². The van der Waals surface area contributed by atoms with Crippen LogP contribution in [-0.2, 0) is 15.3 Å². The summed E-state index contributed by atoms with van der Waals surface area (Å²) in [7, 11) is 0. The van der Waals surface area contributed by atoms with Crippen molar-refractivity contribution in [2.24, 2.45) is 5.10 Å². The number of nitrogens with one attached hydrogen (secondary N) is 2. The number of carbonyl (C=O) groups excluding carboxylic acids is 2. The third kappa shape index (κ3) is 6.19. The van der Waals surface area contributed by atoms with E-state index in [4.69, 9.17) is 0 Å². The minimum atomic E-state index is -0.134. The van der Waals surface area contributed by atoms with Crippen LogP contribution in [0.5, 0.6) is 0 Å². The van der Waals surface area contributed by atoms with E-state index in [1.165, 1.54) is 23.3 Å². The van der Waals surface area contributed by atoms with Gasteiger partial charge >= 0.3 is 0 Å². The number of anilines is 1. The summed E-state index contributed by atoms with van der Waals surface area (Å²) in [6, 6.07) is 21.9. The van der Waals surface area contributed by atoms with Crippen molar-refractivity contribution in [3.8, 4) is 0 Å². The Kier molecular flexibility index (Phi) is 7.03. The van der Waals surface area contributed by atoms with Crippen molar-refractivity contribution in [2.75, 3.05) is 11.1 Å². The zero-order valence-corrected chi connectivity index (χ0v) is 17.3.